The van der Waals surface area contributed by atoms with E-state index in [9.17, 15) is 0 Å². The van der Waals surface area contributed by atoms with Crippen LogP contribution in [0.5, 0.6) is 11.5 Å². The summed E-state index contributed by atoms with van der Waals surface area (Å²) in [6.45, 7) is 9.05. The summed E-state index contributed by atoms with van der Waals surface area (Å²) < 4.78 is 11.7. The Hall–Kier alpha value is -2.04. The lowest BCUT2D eigenvalue weighted by Gasteiger charge is -2.23. The van der Waals surface area contributed by atoms with Crippen molar-refractivity contribution in [1.29, 1.82) is 0 Å². The molecule has 0 amide bonds. The van der Waals surface area contributed by atoms with Crippen molar-refractivity contribution in [3.8, 4) is 11.5 Å². The molecule has 0 unspecified atom stereocenters. The maximum absolute atomic E-state index is 6.17. The molecular weight excluding hydrogens is 336 g/mol. The van der Waals surface area contributed by atoms with Gasteiger partial charge in [0.05, 0.1) is 7.11 Å². The highest BCUT2D eigenvalue weighted by atomic mass is 16.5. The third kappa shape index (κ3) is 5.24. The van der Waals surface area contributed by atoms with Crippen molar-refractivity contribution in [3.05, 3.63) is 59.2 Å². The van der Waals surface area contributed by atoms with Crippen molar-refractivity contribution in [2.24, 2.45) is 0 Å². The molecule has 4 heteroatoms. The third-order valence-corrected chi connectivity index (χ3v) is 5.38. The molecule has 3 rings (SSSR count). The van der Waals surface area contributed by atoms with Crippen molar-refractivity contribution in [2.45, 2.75) is 45.9 Å². The summed E-state index contributed by atoms with van der Waals surface area (Å²) in [4.78, 5) is 2.56. The molecule has 1 heterocycles. The quantitative estimate of drug-likeness (QED) is 0.721. The molecule has 0 saturated carbocycles. The van der Waals surface area contributed by atoms with Gasteiger partial charge in [-0.05, 0) is 44.5 Å². The third-order valence-electron chi connectivity index (χ3n) is 5.38. The Morgan fingerprint density at radius 1 is 1.15 bits per heavy atom. The van der Waals surface area contributed by atoms with Gasteiger partial charge in [0.25, 0.3) is 0 Å². The van der Waals surface area contributed by atoms with E-state index in [0.29, 0.717) is 12.6 Å². The molecule has 1 N–H and O–H groups in total. The van der Waals surface area contributed by atoms with Gasteiger partial charge >= 0.3 is 0 Å². The molecule has 1 aliphatic rings. The van der Waals surface area contributed by atoms with Crippen molar-refractivity contribution in [2.75, 3.05) is 26.7 Å². The summed E-state index contributed by atoms with van der Waals surface area (Å²) in [6.07, 6.45) is 2.60. The Kier molecular flexibility index (Phi) is 7.13. The average Bonchev–Trinajstić information content (AvgIpc) is 3.15. The van der Waals surface area contributed by atoms with Gasteiger partial charge in [0, 0.05) is 24.7 Å². The van der Waals surface area contributed by atoms with Gasteiger partial charge in [0.1, 0.15) is 6.61 Å². The van der Waals surface area contributed by atoms with Gasteiger partial charge in [-0.1, -0.05) is 48.9 Å². The van der Waals surface area contributed by atoms with Crippen LogP contribution in [0.25, 0.3) is 0 Å². The number of para-hydroxylation sites is 1. The molecule has 2 aromatic rings. The zero-order chi connectivity index (χ0) is 19.1. The van der Waals surface area contributed by atoms with Crippen LogP contribution in [-0.4, -0.2) is 37.7 Å². The summed E-state index contributed by atoms with van der Waals surface area (Å²) in [5, 5.41) is 3.63. The number of aryl methyl sites for hydroxylation is 1. The first-order valence-corrected chi connectivity index (χ1v) is 10.00. The highest BCUT2D eigenvalue weighted by Crippen LogP contribution is 2.32. The Morgan fingerprint density at radius 3 is 2.70 bits per heavy atom. The second-order valence-corrected chi connectivity index (χ2v) is 7.28. The maximum Gasteiger partial charge on any atom is 0.166 e. The lowest BCUT2D eigenvalue weighted by molar-refractivity contribution is 0.258. The zero-order valence-corrected chi connectivity index (χ0v) is 16.8. The normalized spacial score (nSPS) is 17.2. The van der Waals surface area contributed by atoms with E-state index in [2.05, 4.69) is 54.4 Å². The Labute approximate surface area is 163 Å². The fourth-order valence-corrected chi connectivity index (χ4v) is 3.78. The van der Waals surface area contributed by atoms with E-state index in [0.717, 1.165) is 42.3 Å². The fraction of sp³-hybridized carbons (Fsp3) is 0.478. The van der Waals surface area contributed by atoms with E-state index < -0.39 is 0 Å². The van der Waals surface area contributed by atoms with Crippen LogP contribution in [0.3, 0.4) is 0 Å². The number of likely N-dealkylation sites (tertiary alicyclic amines) is 1. The highest BCUT2D eigenvalue weighted by molar-refractivity contribution is 5.46. The number of nitrogens with zero attached hydrogens (tertiary/aromatic N) is 1. The summed E-state index contributed by atoms with van der Waals surface area (Å²) >= 11 is 0. The van der Waals surface area contributed by atoms with Gasteiger partial charge in [0.2, 0.25) is 0 Å². The smallest absolute Gasteiger partial charge is 0.166 e. The van der Waals surface area contributed by atoms with Crippen molar-refractivity contribution in [3.63, 3.8) is 0 Å². The first kappa shape index (κ1) is 19.7. The molecule has 27 heavy (non-hydrogen) atoms. The minimum Gasteiger partial charge on any atom is -0.493 e. The summed E-state index contributed by atoms with van der Waals surface area (Å²) in [5.41, 5.74) is 3.56. The number of benzene rings is 2. The summed E-state index contributed by atoms with van der Waals surface area (Å²) in [7, 11) is 1.70. The minimum absolute atomic E-state index is 0.542. The molecule has 1 atom stereocenters. The molecule has 0 bridgehead atoms. The Morgan fingerprint density at radius 2 is 1.96 bits per heavy atom. The molecule has 1 aliphatic heterocycles. The van der Waals surface area contributed by atoms with Gasteiger partial charge in [-0.25, -0.2) is 0 Å². The van der Waals surface area contributed by atoms with Crippen LogP contribution in [-0.2, 0) is 13.2 Å². The lowest BCUT2D eigenvalue weighted by Crippen LogP contribution is -2.37. The molecule has 0 aliphatic carbocycles. The number of nitrogens with one attached hydrogen (secondary N) is 1. The number of hydrogen-bond donors (Lipinski definition) is 1. The molecule has 1 fully saturated rings. The average molecular weight is 369 g/mol. The summed E-state index contributed by atoms with van der Waals surface area (Å²) in [5.74, 6) is 1.63. The standard InChI is InChI=1S/C23H32N2O2/c1-4-25-14-6-8-21(25)16-24-15-20-7-5-9-22(26-3)23(20)27-17-19-12-10-18(2)11-13-19/h5,7,9-13,21,24H,4,6,8,14-17H2,1-3H3/t21-/m1/s1. The molecule has 0 radical (unpaired) electrons. The molecule has 1 saturated heterocycles. The predicted molar refractivity (Wildman–Crippen MR) is 110 cm³/mol. The van der Waals surface area contributed by atoms with Gasteiger partial charge in [0.15, 0.2) is 11.5 Å². The lowest BCUT2D eigenvalue weighted by atomic mass is 10.1. The van der Waals surface area contributed by atoms with E-state index in [4.69, 9.17) is 9.47 Å². The number of rotatable bonds is 9. The van der Waals surface area contributed by atoms with Crippen LogP contribution < -0.4 is 14.8 Å². The van der Waals surface area contributed by atoms with Crippen molar-refractivity contribution < 1.29 is 9.47 Å². The molecule has 2 aromatic carbocycles. The predicted octanol–water partition coefficient (Wildman–Crippen LogP) is 4.16. The molecular formula is C23H32N2O2. The Bertz CT molecular complexity index is 715. The molecule has 0 aromatic heterocycles. The van der Waals surface area contributed by atoms with Gasteiger partial charge in [-0.15, -0.1) is 0 Å². The van der Waals surface area contributed by atoms with E-state index in [-0.39, 0.29) is 0 Å². The van der Waals surface area contributed by atoms with Crippen LogP contribution in [0.2, 0.25) is 0 Å². The second kappa shape index (κ2) is 9.77. The van der Waals surface area contributed by atoms with Gasteiger partial charge in [-0.3, -0.25) is 4.90 Å². The molecule has 0 spiro atoms. The zero-order valence-electron chi connectivity index (χ0n) is 16.8. The van der Waals surface area contributed by atoms with E-state index >= 15 is 0 Å². The number of likely N-dealkylation sites (N-methyl/N-ethyl adjacent to an activating group) is 1. The number of methoxy groups -OCH3 is 1. The first-order chi connectivity index (χ1) is 13.2. The molecule has 146 valence electrons. The second-order valence-electron chi connectivity index (χ2n) is 7.28. The number of ether oxygens (including phenoxy) is 2. The van der Waals surface area contributed by atoms with Crippen LogP contribution in [0.4, 0.5) is 0 Å². The summed E-state index contributed by atoms with van der Waals surface area (Å²) in [6, 6.07) is 15.2. The van der Waals surface area contributed by atoms with Crippen LogP contribution in [0, 0.1) is 6.92 Å². The van der Waals surface area contributed by atoms with Crippen LogP contribution >= 0.6 is 0 Å². The van der Waals surface area contributed by atoms with Gasteiger partial charge in [-0.2, -0.15) is 0 Å². The maximum atomic E-state index is 6.17. The van der Waals surface area contributed by atoms with E-state index in [1.54, 1.807) is 7.11 Å². The van der Waals surface area contributed by atoms with Crippen molar-refractivity contribution >= 4 is 0 Å². The topological polar surface area (TPSA) is 33.7 Å². The SMILES string of the molecule is CCN1CCC[C@@H]1CNCc1cccc(OC)c1OCc1ccc(C)cc1. The van der Waals surface area contributed by atoms with Gasteiger partial charge < -0.3 is 14.8 Å². The van der Waals surface area contributed by atoms with Crippen LogP contribution in [0.15, 0.2) is 42.5 Å². The minimum atomic E-state index is 0.542. The van der Waals surface area contributed by atoms with E-state index in [1.807, 2.05) is 12.1 Å². The first-order valence-electron chi connectivity index (χ1n) is 10.00. The number of hydrogen-bond acceptors (Lipinski definition) is 4. The van der Waals surface area contributed by atoms with E-state index in [1.165, 1.54) is 24.9 Å². The van der Waals surface area contributed by atoms with Crippen LogP contribution in [0.1, 0.15) is 36.5 Å². The Balaban J connectivity index is 1.63. The fourth-order valence-electron chi connectivity index (χ4n) is 3.78. The molecule has 4 nitrogen and oxygen atoms in total. The monoisotopic (exact) mass is 368 g/mol. The highest BCUT2D eigenvalue weighted by Gasteiger charge is 2.22. The van der Waals surface area contributed by atoms with Crippen molar-refractivity contribution in [1.82, 2.24) is 10.2 Å². The largest absolute Gasteiger partial charge is 0.493 e.